The van der Waals surface area contributed by atoms with Gasteiger partial charge in [-0.3, -0.25) is 14.3 Å². The van der Waals surface area contributed by atoms with Crippen molar-refractivity contribution < 1.29 is 5.11 Å². The van der Waals surface area contributed by atoms with Crippen LogP contribution in [0.1, 0.15) is 43.2 Å². The molecule has 0 radical (unpaired) electrons. The number of hydrogen-bond donors (Lipinski definition) is 1. The summed E-state index contributed by atoms with van der Waals surface area (Å²) < 4.78 is 2.07. The molecule has 7 nitrogen and oxygen atoms in total. The van der Waals surface area contributed by atoms with Crippen molar-refractivity contribution in [3.8, 4) is 17.3 Å². The van der Waals surface area contributed by atoms with Gasteiger partial charge in [-0.15, -0.1) is 0 Å². The number of aromatic nitrogens is 3. The van der Waals surface area contributed by atoms with E-state index < -0.39 is 6.23 Å². The minimum Gasteiger partial charge on any atom is -0.374 e. The van der Waals surface area contributed by atoms with Gasteiger partial charge in [0.25, 0.3) is 0 Å². The van der Waals surface area contributed by atoms with E-state index in [9.17, 15) is 5.11 Å². The third-order valence-electron chi connectivity index (χ3n) is 7.10. The molecule has 2 aliphatic rings. The Morgan fingerprint density at radius 2 is 1.82 bits per heavy atom. The monoisotopic (exact) mass is 454 g/mol. The van der Waals surface area contributed by atoms with E-state index in [-0.39, 0.29) is 0 Å². The molecule has 1 atom stereocenters. The molecule has 1 aromatic carbocycles. The summed E-state index contributed by atoms with van der Waals surface area (Å²) in [5.41, 5.74) is 6.55. The zero-order valence-electron chi connectivity index (χ0n) is 19.7. The van der Waals surface area contributed by atoms with Gasteiger partial charge in [0.1, 0.15) is 6.23 Å². The molecule has 0 saturated carbocycles. The Bertz CT molecular complexity index is 1270. The van der Waals surface area contributed by atoms with Gasteiger partial charge in [-0.25, -0.2) is 4.98 Å². The Balaban J connectivity index is 1.35. The summed E-state index contributed by atoms with van der Waals surface area (Å²) in [6.07, 6.45) is 12.7. The molecule has 3 aromatic rings. The van der Waals surface area contributed by atoms with Crippen molar-refractivity contribution in [3.63, 3.8) is 0 Å². The first-order valence-electron chi connectivity index (χ1n) is 11.9. The number of imidazole rings is 1. The minimum absolute atomic E-state index is 0.586. The van der Waals surface area contributed by atoms with E-state index in [0.717, 1.165) is 72.5 Å². The molecule has 0 bridgehead atoms. The number of aliphatic hydroxyl groups excluding tert-OH is 1. The number of piperidine rings is 1. The zero-order chi connectivity index (χ0) is 23.7. The first kappa shape index (κ1) is 22.5. The van der Waals surface area contributed by atoms with Crippen LogP contribution < -0.4 is 0 Å². The van der Waals surface area contributed by atoms with E-state index in [1.165, 1.54) is 5.57 Å². The van der Waals surface area contributed by atoms with Crippen molar-refractivity contribution in [1.82, 2.24) is 24.2 Å². The van der Waals surface area contributed by atoms with E-state index in [4.69, 9.17) is 5.26 Å². The molecular formula is C27H30N6O. The van der Waals surface area contributed by atoms with Crippen LogP contribution in [0.2, 0.25) is 0 Å². The SMILES string of the molecule is CN(C)C1CCN(C(O)c2ccc(-c3cn4c(C5=CC=C(C#N)CC5)cnc4cn3)cc2)CC1. The van der Waals surface area contributed by atoms with Crippen LogP contribution in [0.5, 0.6) is 0 Å². The Morgan fingerprint density at radius 1 is 1.06 bits per heavy atom. The second kappa shape index (κ2) is 9.51. The van der Waals surface area contributed by atoms with E-state index >= 15 is 0 Å². The highest BCUT2D eigenvalue weighted by Gasteiger charge is 2.25. The van der Waals surface area contributed by atoms with E-state index in [1.807, 2.05) is 48.8 Å². The quantitative estimate of drug-likeness (QED) is 0.627. The Hall–Kier alpha value is -3.31. The lowest BCUT2D eigenvalue weighted by molar-refractivity contribution is -0.0222. The first-order valence-corrected chi connectivity index (χ1v) is 11.9. The standard InChI is InChI=1S/C27H30N6O/c1-31(2)23-11-13-32(14-12-23)27(34)22-9-7-20(8-10-22)24-18-33-25(16-30-26(33)17-29-24)21-5-3-19(15-28)4-6-21/h3,5,7-10,16-18,23,27,34H,4,6,11-14H2,1-2H3. The van der Waals surface area contributed by atoms with Crippen LogP contribution in [0, 0.1) is 11.3 Å². The first-order chi connectivity index (χ1) is 16.5. The number of fused-ring (bicyclic) bond motifs is 1. The summed E-state index contributed by atoms with van der Waals surface area (Å²) >= 11 is 0. The van der Waals surface area contributed by atoms with Crippen molar-refractivity contribution in [2.75, 3.05) is 27.2 Å². The number of hydrogen-bond acceptors (Lipinski definition) is 6. The van der Waals surface area contributed by atoms with Gasteiger partial charge in [-0.05, 0) is 57.0 Å². The smallest absolute Gasteiger partial charge is 0.155 e. The molecular weight excluding hydrogens is 424 g/mol. The summed E-state index contributed by atoms with van der Waals surface area (Å²) in [6, 6.07) is 10.9. The average Bonchev–Trinajstić information content (AvgIpc) is 3.32. The Morgan fingerprint density at radius 3 is 2.47 bits per heavy atom. The lowest BCUT2D eigenvalue weighted by atomic mass is 9.97. The fourth-order valence-electron chi connectivity index (χ4n) is 4.90. The largest absolute Gasteiger partial charge is 0.374 e. The van der Waals surface area contributed by atoms with Crippen LogP contribution in [0.3, 0.4) is 0 Å². The van der Waals surface area contributed by atoms with Crippen LogP contribution >= 0.6 is 0 Å². The van der Waals surface area contributed by atoms with Crippen LogP contribution in [-0.2, 0) is 0 Å². The topological polar surface area (TPSA) is 80.7 Å². The lowest BCUT2D eigenvalue weighted by Crippen LogP contribution is -2.43. The molecule has 1 saturated heterocycles. The third kappa shape index (κ3) is 4.40. The van der Waals surface area contributed by atoms with Crippen molar-refractivity contribution in [1.29, 1.82) is 5.26 Å². The molecule has 5 rings (SSSR count). The number of benzene rings is 1. The van der Waals surface area contributed by atoms with Crippen LogP contribution in [0.15, 0.2) is 60.6 Å². The number of rotatable bonds is 5. The average molecular weight is 455 g/mol. The van der Waals surface area contributed by atoms with E-state index in [0.29, 0.717) is 6.04 Å². The second-order valence-corrected chi connectivity index (χ2v) is 9.37. The molecule has 1 fully saturated rings. The highest BCUT2D eigenvalue weighted by molar-refractivity contribution is 5.70. The number of allylic oxidation sites excluding steroid dienone is 4. The van der Waals surface area contributed by atoms with Gasteiger partial charge in [0.2, 0.25) is 0 Å². The van der Waals surface area contributed by atoms with Gasteiger partial charge >= 0.3 is 0 Å². The van der Waals surface area contributed by atoms with E-state index in [1.54, 1.807) is 6.20 Å². The van der Waals surface area contributed by atoms with Crippen molar-refractivity contribution in [2.24, 2.45) is 0 Å². The highest BCUT2D eigenvalue weighted by atomic mass is 16.3. The molecule has 0 amide bonds. The highest BCUT2D eigenvalue weighted by Crippen LogP contribution is 2.29. The Kier molecular flexibility index (Phi) is 6.29. The number of likely N-dealkylation sites (tertiary alicyclic amines) is 1. The maximum absolute atomic E-state index is 10.9. The van der Waals surface area contributed by atoms with Gasteiger partial charge < -0.3 is 10.0 Å². The fraction of sp³-hybridized carbons (Fsp3) is 0.370. The molecule has 1 N–H and O–H groups in total. The molecule has 3 heterocycles. The molecule has 1 unspecified atom stereocenters. The van der Waals surface area contributed by atoms with Gasteiger partial charge in [0, 0.05) is 36.5 Å². The molecule has 0 spiro atoms. The van der Waals surface area contributed by atoms with Crippen molar-refractivity contribution in [2.45, 2.75) is 38.0 Å². The summed E-state index contributed by atoms with van der Waals surface area (Å²) in [5, 5.41) is 20.0. The molecule has 2 aromatic heterocycles. The molecule has 34 heavy (non-hydrogen) atoms. The molecule has 1 aliphatic heterocycles. The lowest BCUT2D eigenvalue weighted by Gasteiger charge is -2.37. The molecule has 1 aliphatic carbocycles. The molecule has 7 heteroatoms. The van der Waals surface area contributed by atoms with Crippen molar-refractivity contribution in [3.05, 3.63) is 71.8 Å². The molecule has 174 valence electrons. The minimum atomic E-state index is -0.586. The maximum Gasteiger partial charge on any atom is 0.155 e. The van der Waals surface area contributed by atoms with Crippen molar-refractivity contribution >= 4 is 11.2 Å². The summed E-state index contributed by atoms with van der Waals surface area (Å²) in [5.74, 6) is 0. The zero-order valence-corrected chi connectivity index (χ0v) is 19.7. The van der Waals surface area contributed by atoms with Gasteiger partial charge in [0.05, 0.1) is 29.9 Å². The normalized spacial score (nSPS) is 18.6. The van der Waals surface area contributed by atoms with Crippen LogP contribution in [0.4, 0.5) is 0 Å². The predicted octanol–water partition coefficient (Wildman–Crippen LogP) is 4.04. The number of nitrogens with zero attached hydrogens (tertiary/aromatic N) is 6. The third-order valence-corrected chi connectivity index (χ3v) is 7.10. The number of nitriles is 1. The summed E-state index contributed by atoms with van der Waals surface area (Å²) in [6.45, 7) is 1.79. The Labute approximate surface area is 200 Å². The maximum atomic E-state index is 10.9. The fourth-order valence-corrected chi connectivity index (χ4v) is 4.90. The van der Waals surface area contributed by atoms with E-state index in [2.05, 4.69) is 44.3 Å². The summed E-state index contributed by atoms with van der Waals surface area (Å²) in [4.78, 5) is 13.6. The summed E-state index contributed by atoms with van der Waals surface area (Å²) in [7, 11) is 4.25. The van der Waals surface area contributed by atoms with Crippen LogP contribution in [-0.4, -0.2) is 62.5 Å². The van der Waals surface area contributed by atoms with Gasteiger partial charge in [0.15, 0.2) is 5.65 Å². The van der Waals surface area contributed by atoms with Gasteiger partial charge in [-0.1, -0.05) is 30.3 Å². The predicted molar refractivity (Wildman–Crippen MR) is 133 cm³/mol. The van der Waals surface area contributed by atoms with Crippen LogP contribution in [0.25, 0.3) is 22.5 Å². The number of aliphatic hydroxyl groups is 1. The second-order valence-electron chi connectivity index (χ2n) is 9.37. The van der Waals surface area contributed by atoms with Gasteiger partial charge in [-0.2, -0.15) is 5.26 Å².